The molecular weight excluding hydrogens is 296 g/mol. The number of hydrogen-bond donors (Lipinski definition) is 3. The van der Waals surface area contributed by atoms with Crippen molar-refractivity contribution >= 4 is 40.8 Å². The van der Waals surface area contributed by atoms with Crippen molar-refractivity contribution in [1.82, 2.24) is 10.4 Å². The van der Waals surface area contributed by atoms with Gasteiger partial charge in [-0.1, -0.05) is 17.7 Å². The van der Waals surface area contributed by atoms with Crippen molar-refractivity contribution in [2.45, 2.75) is 4.90 Å². The van der Waals surface area contributed by atoms with Crippen molar-refractivity contribution in [3.8, 4) is 0 Å². The molecule has 0 saturated heterocycles. The number of thioether (sulfide) groups is 1. The lowest BCUT2D eigenvalue weighted by Crippen LogP contribution is -2.31. The third-order valence-corrected chi connectivity index (χ3v) is 3.65. The second-order valence-corrected chi connectivity index (χ2v) is 5.31. The summed E-state index contributed by atoms with van der Waals surface area (Å²) in [6.45, 7) is 0. The molecule has 0 spiro atoms. The first-order chi connectivity index (χ1) is 9.65. The molecule has 0 fully saturated rings. The van der Waals surface area contributed by atoms with E-state index in [4.69, 9.17) is 17.3 Å². The van der Waals surface area contributed by atoms with Gasteiger partial charge in [0.15, 0.2) is 0 Å². The summed E-state index contributed by atoms with van der Waals surface area (Å²) in [5.74, 6) is 0.651. The first-order valence-electron chi connectivity index (χ1n) is 5.79. The van der Waals surface area contributed by atoms with Gasteiger partial charge < -0.3 is 5.73 Å². The van der Waals surface area contributed by atoms with Gasteiger partial charge in [0, 0.05) is 21.8 Å². The first-order valence-corrected chi connectivity index (χ1v) is 7.15. The molecule has 104 valence electrons. The number of carbonyl (C=O) groups excluding carboxylic acids is 1. The Balaban J connectivity index is 1.80. The van der Waals surface area contributed by atoms with E-state index in [1.165, 1.54) is 11.8 Å². The Morgan fingerprint density at radius 1 is 1.35 bits per heavy atom. The third-order valence-electron chi connectivity index (χ3n) is 2.33. The van der Waals surface area contributed by atoms with Gasteiger partial charge in [-0.25, -0.2) is 4.98 Å². The summed E-state index contributed by atoms with van der Waals surface area (Å²) >= 11 is 7.15. The smallest absolute Gasteiger partial charge is 0.248 e. The Bertz CT molecular complexity index is 594. The second kappa shape index (κ2) is 7.02. The van der Waals surface area contributed by atoms with Crippen LogP contribution in [0.25, 0.3) is 0 Å². The summed E-state index contributed by atoms with van der Waals surface area (Å²) in [5.41, 5.74) is 11.7. The molecule has 0 aliphatic carbocycles. The van der Waals surface area contributed by atoms with Crippen LogP contribution < -0.4 is 16.6 Å². The highest BCUT2D eigenvalue weighted by Gasteiger charge is 2.05. The maximum Gasteiger partial charge on any atom is 0.248 e. The van der Waals surface area contributed by atoms with Crippen LogP contribution in [-0.4, -0.2) is 16.6 Å². The SMILES string of the molecule is Nc1cc(Cl)ccc1SCC(=O)NNc1ccccn1. The Morgan fingerprint density at radius 2 is 2.20 bits per heavy atom. The van der Waals surface area contributed by atoms with Crippen LogP contribution in [-0.2, 0) is 4.79 Å². The number of nitrogens with two attached hydrogens (primary N) is 1. The van der Waals surface area contributed by atoms with E-state index < -0.39 is 0 Å². The molecule has 2 aromatic rings. The standard InChI is InChI=1S/C13H13ClN4OS/c14-9-4-5-11(10(15)7-9)20-8-13(19)18-17-12-3-1-2-6-16-12/h1-7H,8,15H2,(H,16,17)(H,18,19). The van der Waals surface area contributed by atoms with E-state index in [0.717, 1.165) is 4.90 Å². The zero-order valence-electron chi connectivity index (χ0n) is 10.5. The molecule has 0 saturated carbocycles. The lowest BCUT2D eigenvalue weighted by Gasteiger charge is -2.08. The van der Waals surface area contributed by atoms with Gasteiger partial charge in [0.2, 0.25) is 5.91 Å². The fourth-order valence-corrected chi connectivity index (χ4v) is 2.33. The van der Waals surface area contributed by atoms with Gasteiger partial charge in [-0.15, -0.1) is 11.8 Å². The summed E-state index contributed by atoms with van der Waals surface area (Å²) in [5, 5.41) is 0.577. The van der Waals surface area contributed by atoms with Gasteiger partial charge in [0.25, 0.3) is 0 Å². The predicted octanol–water partition coefficient (Wildman–Crippen LogP) is 2.55. The van der Waals surface area contributed by atoms with E-state index in [1.807, 2.05) is 6.07 Å². The van der Waals surface area contributed by atoms with E-state index >= 15 is 0 Å². The normalized spacial score (nSPS) is 10.1. The molecule has 0 atom stereocenters. The van der Waals surface area contributed by atoms with E-state index in [-0.39, 0.29) is 11.7 Å². The molecule has 0 aliphatic heterocycles. The summed E-state index contributed by atoms with van der Waals surface area (Å²) in [4.78, 5) is 16.5. The van der Waals surface area contributed by atoms with E-state index in [2.05, 4.69) is 15.8 Å². The van der Waals surface area contributed by atoms with Crippen molar-refractivity contribution < 1.29 is 4.79 Å². The Hall–Kier alpha value is -1.92. The zero-order valence-corrected chi connectivity index (χ0v) is 12.0. The van der Waals surface area contributed by atoms with Crippen molar-refractivity contribution in [2.24, 2.45) is 0 Å². The first kappa shape index (κ1) is 14.5. The van der Waals surface area contributed by atoms with Crippen LogP contribution in [0.5, 0.6) is 0 Å². The average molecular weight is 309 g/mol. The number of benzene rings is 1. The molecule has 7 heteroatoms. The van der Waals surface area contributed by atoms with E-state index in [9.17, 15) is 4.79 Å². The molecule has 2 rings (SSSR count). The number of carbonyl (C=O) groups is 1. The largest absolute Gasteiger partial charge is 0.398 e. The number of nitrogen functional groups attached to an aromatic ring is 1. The summed E-state index contributed by atoms with van der Waals surface area (Å²) in [6, 6.07) is 10.6. The molecule has 0 unspecified atom stereocenters. The summed E-state index contributed by atoms with van der Waals surface area (Å²) < 4.78 is 0. The van der Waals surface area contributed by atoms with Gasteiger partial charge in [-0.3, -0.25) is 15.6 Å². The number of pyridine rings is 1. The number of nitrogens with one attached hydrogen (secondary N) is 2. The van der Waals surface area contributed by atoms with Crippen LogP contribution in [0.15, 0.2) is 47.5 Å². The van der Waals surface area contributed by atoms with Crippen LogP contribution in [0, 0.1) is 0 Å². The number of aromatic nitrogens is 1. The number of amides is 1. The van der Waals surface area contributed by atoms with Crippen molar-refractivity contribution in [3.05, 3.63) is 47.6 Å². The van der Waals surface area contributed by atoms with E-state index in [0.29, 0.717) is 16.5 Å². The number of hydrogen-bond acceptors (Lipinski definition) is 5. The molecule has 5 nitrogen and oxygen atoms in total. The minimum Gasteiger partial charge on any atom is -0.398 e. The monoisotopic (exact) mass is 308 g/mol. The van der Waals surface area contributed by atoms with Crippen LogP contribution in [0.2, 0.25) is 5.02 Å². The second-order valence-electron chi connectivity index (χ2n) is 3.86. The molecule has 20 heavy (non-hydrogen) atoms. The van der Waals surface area contributed by atoms with Gasteiger partial charge >= 0.3 is 0 Å². The highest BCUT2D eigenvalue weighted by molar-refractivity contribution is 8.00. The number of anilines is 2. The Kier molecular flexibility index (Phi) is 5.09. The fourth-order valence-electron chi connectivity index (χ4n) is 1.40. The van der Waals surface area contributed by atoms with Gasteiger partial charge in [0.1, 0.15) is 5.82 Å². The topological polar surface area (TPSA) is 80.0 Å². The van der Waals surface area contributed by atoms with Crippen molar-refractivity contribution in [1.29, 1.82) is 0 Å². The maximum absolute atomic E-state index is 11.7. The Labute approximate surface area is 125 Å². The molecule has 0 radical (unpaired) electrons. The van der Waals surface area contributed by atoms with Crippen LogP contribution in [0.3, 0.4) is 0 Å². The lowest BCUT2D eigenvalue weighted by molar-refractivity contribution is -0.118. The quantitative estimate of drug-likeness (QED) is 0.449. The van der Waals surface area contributed by atoms with Gasteiger partial charge in [0.05, 0.1) is 5.75 Å². The van der Waals surface area contributed by atoms with Crippen LogP contribution in [0.1, 0.15) is 0 Å². The van der Waals surface area contributed by atoms with Crippen molar-refractivity contribution in [2.75, 3.05) is 16.9 Å². The molecule has 1 aromatic carbocycles. The van der Waals surface area contributed by atoms with Crippen LogP contribution in [0.4, 0.5) is 11.5 Å². The zero-order chi connectivity index (χ0) is 14.4. The minimum absolute atomic E-state index is 0.171. The molecule has 4 N–H and O–H groups in total. The minimum atomic E-state index is -0.171. The van der Waals surface area contributed by atoms with Crippen LogP contribution >= 0.6 is 23.4 Å². The summed E-state index contributed by atoms with van der Waals surface area (Å²) in [7, 11) is 0. The summed E-state index contributed by atoms with van der Waals surface area (Å²) in [6.07, 6.45) is 1.64. The van der Waals surface area contributed by atoms with Gasteiger partial charge in [-0.2, -0.15) is 0 Å². The number of halogens is 1. The van der Waals surface area contributed by atoms with Crippen molar-refractivity contribution in [3.63, 3.8) is 0 Å². The molecule has 0 aliphatic rings. The number of hydrazine groups is 1. The highest BCUT2D eigenvalue weighted by Crippen LogP contribution is 2.27. The maximum atomic E-state index is 11.7. The lowest BCUT2D eigenvalue weighted by atomic mass is 10.3. The molecule has 1 heterocycles. The number of rotatable bonds is 5. The molecular formula is C13H13ClN4OS. The average Bonchev–Trinajstić information content (AvgIpc) is 2.45. The molecule has 1 aromatic heterocycles. The Morgan fingerprint density at radius 3 is 2.90 bits per heavy atom. The highest BCUT2D eigenvalue weighted by atomic mass is 35.5. The third kappa shape index (κ3) is 4.32. The predicted molar refractivity (Wildman–Crippen MR) is 82.6 cm³/mol. The molecule has 0 bridgehead atoms. The molecule has 1 amide bonds. The van der Waals surface area contributed by atoms with Gasteiger partial charge in [-0.05, 0) is 30.3 Å². The number of nitrogens with zero attached hydrogens (tertiary/aromatic N) is 1. The fraction of sp³-hybridized carbons (Fsp3) is 0.0769. The van der Waals surface area contributed by atoms with E-state index in [1.54, 1.807) is 36.5 Å².